The molecule has 0 aliphatic rings. The van der Waals surface area contributed by atoms with E-state index in [9.17, 15) is 9.59 Å². The summed E-state index contributed by atoms with van der Waals surface area (Å²) in [5, 5.41) is 2.63. The SMILES string of the molecule is CC(C)N(C(=O)Cn1c(CNC=O)nc2ccccc21)c1ccccc1. The minimum atomic E-state index is -0.0262. The Labute approximate surface area is 152 Å². The van der Waals surface area contributed by atoms with Gasteiger partial charge in [-0.3, -0.25) is 9.59 Å². The van der Waals surface area contributed by atoms with Crippen LogP contribution in [0.1, 0.15) is 19.7 Å². The van der Waals surface area contributed by atoms with E-state index in [2.05, 4.69) is 10.3 Å². The van der Waals surface area contributed by atoms with Gasteiger partial charge in [0.15, 0.2) is 0 Å². The number of hydrogen-bond donors (Lipinski definition) is 1. The van der Waals surface area contributed by atoms with Gasteiger partial charge in [0, 0.05) is 11.7 Å². The number of imidazole rings is 1. The molecule has 1 heterocycles. The molecule has 0 radical (unpaired) electrons. The monoisotopic (exact) mass is 350 g/mol. The molecule has 6 heteroatoms. The highest BCUT2D eigenvalue weighted by Crippen LogP contribution is 2.20. The fraction of sp³-hybridized carbons (Fsp3) is 0.250. The Balaban J connectivity index is 1.96. The highest BCUT2D eigenvalue weighted by molar-refractivity contribution is 5.94. The number of nitrogens with zero attached hydrogens (tertiary/aromatic N) is 3. The summed E-state index contributed by atoms with van der Waals surface area (Å²) in [4.78, 5) is 30.1. The number of amides is 2. The molecular weight excluding hydrogens is 328 g/mol. The van der Waals surface area contributed by atoms with Gasteiger partial charge in [0.1, 0.15) is 12.4 Å². The van der Waals surface area contributed by atoms with Crippen LogP contribution in [0, 0.1) is 0 Å². The molecule has 134 valence electrons. The number of fused-ring (bicyclic) bond motifs is 1. The minimum Gasteiger partial charge on any atom is -0.351 e. The zero-order valence-corrected chi connectivity index (χ0v) is 14.9. The normalized spacial score (nSPS) is 10.9. The first kappa shape index (κ1) is 17.7. The Hall–Kier alpha value is -3.15. The molecule has 6 nitrogen and oxygen atoms in total. The van der Waals surface area contributed by atoms with Gasteiger partial charge in [-0.1, -0.05) is 30.3 Å². The fourth-order valence-electron chi connectivity index (χ4n) is 3.10. The highest BCUT2D eigenvalue weighted by Gasteiger charge is 2.21. The second-order valence-electron chi connectivity index (χ2n) is 6.29. The molecule has 0 saturated heterocycles. The molecule has 0 aliphatic heterocycles. The molecule has 3 rings (SSSR count). The van der Waals surface area contributed by atoms with Gasteiger partial charge in [-0.15, -0.1) is 0 Å². The van der Waals surface area contributed by atoms with Gasteiger partial charge in [-0.05, 0) is 38.1 Å². The quantitative estimate of drug-likeness (QED) is 0.666. The van der Waals surface area contributed by atoms with Crippen LogP contribution in [0.4, 0.5) is 5.69 Å². The van der Waals surface area contributed by atoms with Crippen molar-refractivity contribution in [1.29, 1.82) is 0 Å². The minimum absolute atomic E-state index is 0.0243. The summed E-state index contributed by atoms with van der Waals surface area (Å²) >= 11 is 0. The van der Waals surface area contributed by atoms with E-state index in [0.717, 1.165) is 16.7 Å². The average molecular weight is 350 g/mol. The van der Waals surface area contributed by atoms with Crippen molar-refractivity contribution in [3.05, 3.63) is 60.4 Å². The number of carbonyl (C=O) groups is 2. The third-order valence-electron chi connectivity index (χ3n) is 4.19. The molecule has 3 aromatic rings. The molecule has 0 spiro atoms. The Morgan fingerprint density at radius 3 is 2.54 bits per heavy atom. The molecule has 2 aromatic carbocycles. The van der Waals surface area contributed by atoms with Crippen molar-refractivity contribution in [2.24, 2.45) is 0 Å². The lowest BCUT2D eigenvalue weighted by Crippen LogP contribution is -2.39. The van der Waals surface area contributed by atoms with Crippen molar-refractivity contribution >= 4 is 29.0 Å². The molecule has 0 aliphatic carbocycles. The molecule has 0 saturated carbocycles. The van der Waals surface area contributed by atoms with Gasteiger partial charge >= 0.3 is 0 Å². The maximum Gasteiger partial charge on any atom is 0.247 e. The van der Waals surface area contributed by atoms with Crippen LogP contribution < -0.4 is 10.2 Å². The summed E-state index contributed by atoms with van der Waals surface area (Å²) in [6.45, 7) is 4.42. The van der Waals surface area contributed by atoms with E-state index >= 15 is 0 Å². The summed E-state index contributed by atoms with van der Waals surface area (Å²) in [5.41, 5.74) is 2.55. The first-order valence-corrected chi connectivity index (χ1v) is 8.60. The summed E-state index contributed by atoms with van der Waals surface area (Å²) in [5.74, 6) is 0.630. The second kappa shape index (κ2) is 7.82. The third-order valence-corrected chi connectivity index (χ3v) is 4.19. The van der Waals surface area contributed by atoms with Crippen molar-refractivity contribution in [2.75, 3.05) is 4.90 Å². The molecule has 1 N–H and O–H groups in total. The first-order chi connectivity index (χ1) is 12.6. The Morgan fingerprint density at radius 1 is 1.15 bits per heavy atom. The van der Waals surface area contributed by atoms with Crippen LogP contribution in [-0.4, -0.2) is 27.9 Å². The van der Waals surface area contributed by atoms with Crippen molar-refractivity contribution in [2.45, 2.75) is 33.0 Å². The molecule has 0 atom stereocenters. The summed E-state index contributed by atoms with van der Waals surface area (Å²) in [6, 6.07) is 17.3. The predicted molar refractivity (Wildman–Crippen MR) is 102 cm³/mol. The standard InChI is InChI=1S/C20H22N4O2/c1-15(2)24(16-8-4-3-5-9-16)20(26)13-23-18-11-7-6-10-17(18)22-19(23)12-21-14-25/h3-11,14-15H,12-13H2,1-2H3,(H,21,25). The second-order valence-corrected chi connectivity index (χ2v) is 6.29. The molecule has 0 bridgehead atoms. The first-order valence-electron chi connectivity index (χ1n) is 8.60. The van der Waals surface area contributed by atoms with Crippen LogP contribution in [0.3, 0.4) is 0 Å². The number of benzene rings is 2. The summed E-state index contributed by atoms with van der Waals surface area (Å²) < 4.78 is 1.87. The van der Waals surface area contributed by atoms with E-state index in [1.165, 1.54) is 0 Å². The molecule has 0 fully saturated rings. The highest BCUT2D eigenvalue weighted by atomic mass is 16.2. The maximum atomic E-state index is 13.1. The zero-order chi connectivity index (χ0) is 18.5. The number of nitrogens with one attached hydrogen (secondary N) is 1. The van der Waals surface area contributed by atoms with E-state index < -0.39 is 0 Å². The van der Waals surface area contributed by atoms with Gasteiger partial charge in [0.2, 0.25) is 12.3 Å². The van der Waals surface area contributed by atoms with Crippen LogP contribution in [0.5, 0.6) is 0 Å². The maximum absolute atomic E-state index is 13.1. The number of aromatic nitrogens is 2. The smallest absolute Gasteiger partial charge is 0.247 e. The number of rotatable bonds is 7. The Morgan fingerprint density at radius 2 is 1.85 bits per heavy atom. The molecular formula is C20H22N4O2. The third kappa shape index (κ3) is 3.59. The largest absolute Gasteiger partial charge is 0.351 e. The topological polar surface area (TPSA) is 67.2 Å². The van der Waals surface area contributed by atoms with Crippen molar-refractivity contribution in [1.82, 2.24) is 14.9 Å². The lowest BCUT2D eigenvalue weighted by atomic mass is 10.2. The fourth-order valence-corrected chi connectivity index (χ4v) is 3.10. The number of hydrogen-bond acceptors (Lipinski definition) is 3. The van der Waals surface area contributed by atoms with Crippen molar-refractivity contribution in [3.8, 4) is 0 Å². The molecule has 0 unspecified atom stereocenters. The molecule has 1 aromatic heterocycles. The molecule has 26 heavy (non-hydrogen) atoms. The van der Waals surface area contributed by atoms with Crippen LogP contribution in [0.15, 0.2) is 54.6 Å². The van der Waals surface area contributed by atoms with Crippen LogP contribution in [0.25, 0.3) is 11.0 Å². The zero-order valence-electron chi connectivity index (χ0n) is 14.9. The molecule has 2 amide bonds. The van der Waals surface area contributed by atoms with Crippen molar-refractivity contribution in [3.63, 3.8) is 0 Å². The van der Waals surface area contributed by atoms with Crippen LogP contribution >= 0.6 is 0 Å². The van der Waals surface area contributed by atoms with Crippen molar-refractivity contribution < 1.29 is 9.59 Å². The van der Waals surface area contributed by atoms with Gasteiger partial charge < -0.3 is 14.8 Å². The lowest BCUT2D eigenvalue weighted by molar-refractivity contribution is -0.119. The number of para-hydroxylation sites is 3. The number of anilines is 1. The van der Waals surface area contributed by atoms with E-state index in [4.69, 9.17) is 0 Å². The van der Waals surface area contributed by atoms with E-state index in [1.807, 2.05) is 73.0 Å². The summed E-state index contributed by atoms with van der Waals surface area (Å²) in [7, 11) is 0. The van der Waals surface area contributed by atoms with Crippen LogP contribution in [0.2, 0.25) is 0 Å². The number of carbonyl (C=O) groups excluding carboxylic acids is 2. The van der Waals surface area contributed by atoms with Gasteiger partial charge in [-0.2, -0.15) is 0 Å². The van der Waals surface area contributed by atoms with E-state index in [1.54, 1.807) is 4.90 Å². The van der Waals surface area contributed by atoms with Crippen LogP contribution in [-0.2, 0) is 22.7 Å². The summed E-state index contributed by atoms with van der Waals surface area (Å²) in [6.07, 6.45) is 0.635. The Kier molecular flexibility index (Phi) is 5.31. The van der Waals surface area contributed by atoms with Gasteiger partial charge in [0.05, 0.1) is 17.6 Å². The van der Waals surface area contributed by atoms with Gasteiger partial charge in [-0.25, -0.2) is 4.98 Å². The van der Waals surface area contributed by atoms with E-state index in [-0.39, 0.29) is 25.0 Å². The van der Waals surface area contributed by atoms with Gasteiger partial charge in [0.25, 0.3) is 0 Å². The average Bonchev–Trinajstić information content (AvgIpc) is 2.98. The van der Waals surface area contributed by atoms with E-state index in [0.29, 0.717) is 12.2 Å². The Bertz CT molecular complexity index is 903. The lowest BCUT2D eigenvalue weighted by Gasteiger charge is -2.27. The predicted octanol–water partition coefficient (Wildman–Crippen LogP) is 2.72.